The molecule has 0 bridgehead atoms. The molecule has 2 aromatic carbocycles. The van der Waals surface area contributed by atoms with Gasteiger partial charge in [-0.15, -0.1) is 0 Å². The molecule has 1 atom stereocenters. The van der Waals surface area contributed by atoms with E-state index in [2.05, 4.69) is 10.6 Å². The van der Waals surface area contributed by atoms with Crippen LogP contribution in [-0.2, 0) is 16.0 Å². The van der Waals surface area contributed by atoms with Crippen LogP contribution >= 0.6 is 11.6 Å². The molecule has 0 radical (unpaired) electrons. The predicted molar refractivity (Wildman–Crippen MR) is 96.4 cm³/mol. The molecule has 0 saturated carbocycles. The lowest BCUT2D eigenvalue weighted by molar-refractivity contribution is -0.119. The summed E-state index contributed by atoms with van der Waals surface area (Å²) in [6, 6.07) is 12.5. The van der Waals surface area contributed by atoms with E-state index < -0.39 is 17.9 Å². The second kappa shape index (κ2) is 8.30. The van der Waals surface area contributed by atoms with Gasteiger partial charge in [0.25, 0.3) is 5.91 Å². The van der Waals surface area contributed by atoms with Crippen LogP contribution in [0.2, 0.25) is 5.02 Å². The van der Waals surface area contributed by atoms with Gasteiger partial charge in [0.05, 0.1) is 0 Å². The minimum atomic E-state index is -0.906. The molecular weight excluding hydrogens is 342 g/mol. The molecule has 0 heterocycles. The standard InChI is InChI=1S/C18H18ClN3O3/c1-11(23)21-14-7-4-6-13(9-14)18(25)22-16(17(20)24)10-12-5-2-3-8-15(12)19/h2-9,16H,10H2,1H3,(H2,20,24)(H,21,23)(H,22,25)/t16-/m1/s1. The summed E-state index contributed by atoms with van der Waals surface area (Å²) in [5, 5.41) is 5.70. The third-order valence-corrected chi connectivity index (χ3v) is 3.84. The van der Waals surface area contributed by atoms with Gasteiger partial charge >= 0.3 is 0 Å². The molecule has 0 aliphatic rings. The second-order valence-electron chi connectivity index (χ2n) is 5.49. The first-order chi connectivity index (χ1) is 11.9. The molecule has 0 aliphatic heterocycles. The Morgan fingerprint density at radius 2 is 1.84 bits per heavy atom. The number of hydrogen-bond donors (Lipinski definition) is 3. The van der Waals surface area contributed by atoms with Crippen LogP contribution < -0.4 is 16.4 Å². The summed E-state index contributed by atoms with van der Waals surface area (Å²) < 4.78 is 0. The summed E-state index contributed by atoms with van der Waals surface area (Å²) in [7, 11) is 0. The fraction of sp³-hybridized carbons (Fsp3) is 0.167. The van der Waals surface area contributed by atoms with Crippen LogP contribution in [0.4, 0.5) is 5.69 Å². The van der Waals surface area contributed by atoms with E-state index in [9.17, 15) is 14.4 Å². The summed E-state index contributed by atoms with van der Waals surface area (Å²) in [6.07, 6.45) is 0.187. The Balaban J connectivity index is 2.14. The Bertz CT molecular complexity index is 808. The van der Waals surface area contributed by atoms with Crippen molar-refractivity contribution in [1.82, 2.24) is 5.32 Å². The van der Waals surface area contributed by atoms with Gasteiger partial charge in [-0.25, -0.2) is 0 Å². The molecule has 0 aromatic heterocycles. The van der Waals surface area contributed by atoms with Crippen molar-refractivity contribution in [1.29, 1.82) is 0 Å². The number of hydrogen-bond acceptors (Lipinski definition) is 3. The molecule has 0 aliphatic carbocycles. The summed E-state index contributed by atoms with van der Waals surface area (Å²) >= 11 is 6.09. The lowest BCUT2D eigenvalue weighted by Crippen LogP contribution is -2.45. The van der Waals surface area contributed by atoms with E-state index in [1.807, 2.05) is 0 Å². The Hall–Kier alpha value is -2.86. The van der Waals surface area contributed by atoms with Crippen LogP contribution in [0.15, 0.2) is 48.5 Å². The molecule has 25 heavy (non-hydrogen) atoms. The van der Waals surface area contributed by atoms with Crippen molar-refractivity contribution < 1.29 is 14.4 Å². The monoisotopic (exact) mass is 359 g/mol. The smallest absolute Gasteiger partial charge is 0.252 e. The van der Waals surface area contributed by atoms with E-state index in [-0.39, 0.29) is 12.3 Å². The first-order valence-electron chi connectivity index (χ1n) is 7.58. The highest BCUT2D eigenvalue weighted by molar-refractivity contribution is 6.31. The number of halogens is 1. The lowest BCUT2D eigenvalue weighted by atomic mass is 10.0. The zero-order valence-corrected chi connectivity index (χ0v) is 14.3. The Labute approximate surface area is 150 Å². The number of amides is 3. The first-order valence-corrected chi connectivity index (χ1v) is 7.96. The van der Waals surface area contributed by atoms with E-state index >= 15 is 0 Å². The van der Waals surface area contributed by atoms with Crippen LogP contribution in [0, 0.1) is 0 Å². The number of anilines is 1. The van der Waals surface area contributed by atoms with Crippen molar-refractivity contribution in [2.24, 2.45) is 5.73 Å². The van der Waals surface area contributed by atoms with Crippen molar-refractivity contribution >= 4 is 35.0 Å². The highest BCUT2D eigenvalue weighted by Gasteiger charge is 2.20. The van der Waals surface area contributed by atoms with Gasteiger partial charge in [-0.1, -0.05) is 35.9 Å². The lowest BCUT2D eigenvalue weighted by Gasteiger charge is -2.16. The van der Waals surface area contributed by atoms with E-state index in [0.717, 1.165) is 0 Å². The third-order valence-electron chi connectivity index (χ3n) is 3.48. The van der Waals surface area contributed by atoms with Gasteiger partial charge in [-0.3, -0.25) is 14.4 Å². The van der Waals surface area contributed by atoms with Gasteiger partial charge in [0.15, 0.2) is 0 Å². The molecule has 130 valence electrons. The van der Waals surface area contributed by atoms with E-state index in [1.54, 1.807) is 42.5 Å². The first kappa shape index (κ1) is 18.5. The van der Waals surface area contributed by atoms with E-state index in [0.29, 0.717) is 21.8 Å². The number of benzene rings is 2. The van der Waals surface area contributed by atoms with Crippen LogP contribution in [0.25, 0.3) is 0 Å². The SMILES string of the molecule is CC(=O)Nc1cccc(C(=O)N[C@H](Cc2ccccc2Cl)C(N)=O)c1. The van der Waals surface area contributed by atoms with Crippen molar-refractivity contribution in [3.8, 4) is 0 Å². The molecule has 2 aromatic rings. The average Bonchev–Trinajstić information content (AvgIpc) is 2.55. The van der Waals surface area contributed by atoms with Crippen molar-refractivity contribution in [3.05, 3.63) is 64.7 Å². The molecule has 0 spiro atoms. The molecular formula is C18H18ClN3O3. The van der Waals surface area contributed by atoms with Gasteiger partial charge in [-0.2, -0.15) is 0 Å². The van der Waals surface area contributed by atoms with Gasteiger partial charge in [0.1, 0.15) is 6.04 Å². The summed E-state index contributed by atoms with van der Waals surface area (Å²) in [4.78, 5) is 35.2. The number of nitrogens with two attached hydrogens (primary N) is 1. The Morgan fingerprint density at radius 1 is 1.12 bits per heavy atom. The number of nitrogens with one attached hydrogen (secondary N) is 2. The van der Waals surface area contributed by atoms with Crippen molar-refractivity contribution in [2.45, 2.75) is 19.4 Å². The number of primary amides is 1. The number of carbonyl (C=O) groups excluding carboxylic acids is 3. The van der Waals surface area contributed by atoms with Crippen LogP contribution in [0.3, 0.4) is 0 Å². The van der Waals surface area contributed by atoms with Gasteiger partial charge in [0.2, 0.25) is 11.8 Å². The normalized spacial score (nSPS) is 11.4. The Kier molecular flexibility index (Phi) is 6.14. The van der Waals surface area contributed by atoms with E-state index in [4.69, 9.17) is 17.3 Å². The minimum Gasteiger partial charge on any atom is -0.368 e. The van der Waals surface area contributed by atoms with Gasteiger partial charge in [-0.05, 0) is 29.8 Å². The van der Waals surface area contributed by atoms with Crippen molar-refractivity contribution in [3.63, 3.8) is 0 Å². The summed E-state index contributed by atoms with van der Waals surface area (Å²) in [5.74, 6) is -1.37. The highest BCUT2D eigenvalue weighted by atomic mass is 35.5. The summed E-state index contributed by atoms with van der Waals surface area (Å²) in [6.45, 7) is 1.37. The van der Waals surface area contributed by atoms with Crippen LogP contribution in [-0.4, -0.2) is 23.8 Å². The fourth-order valence-corrected chi connectivity index (χ4v) is 2.50. The zero-order valence-electron chi connectivity index (χ0n) is 13.6. The van der Waals surface area contributed by atoms with Crippen LogP contribution in [0.5, 0.6) is 0 Å². The van der Waals surface area contributed by atoms with Crippen molar-refractivity contribution in [2.75, 3.05) is 5.32 Å². The Morgan fingerprint density at radius 3 is 2.48 bits per heavy atom. The molecule has 4 N–H and O–H groups in total. The zero-order chi connectivity index (χ0) is 18.4. The molecule has 0 saturated heterocycles. The minimum absolute atomic E-state index is 0.187. The quantitative estimate of drug-likeness (QED) is 0.736. The highest BCUT2D eigenvalue weighted by Crippen LogP contribution is 2.17. The maximum absolute atomic E-state index is 12.4. The third kappa shape index (κ3) is 5.32. The average molecular weight is 360 g/mol. The number of rotatable bonds is 6. The number of carbonyl (C=O) groups is 3. The maximum atomic E-state index is 12.4. The predicted octanol–water partition coefficient (Wildman–Crippen LogP) is 2.12. The molecule has 0 fully saturated rings. The van der Waals surface area contributed by atoms with Crippen LogP contribution in [0.1, 0.15) is 22.8 Å². The van der Waals surface area contributed by atoms with Gasteiger partial charge < -0.3 is 16.4 Å². The molecule has 6 nitrogen and oxygen atoms in total. The maximum Gasteiger partial charge on any atom is 0.252 e. The summed E-state index contributed by atoms with van der Waals surface area (Å²) in [5.41, 5.74) is 6.90. The molecule has 3 amide bonds. The second-order valence-corrected chi connectivity index (χ2v) is 5.89. The largest absolute Gasteiger partial charge is 0.368 e. The van der Waals surface area contributed by atoms with Gasteiger partial charge in [0, 0.05) is 29.6 Å². The fourth-order valence-electron chi connectivity index (χ4n) is 2.29. The topological polar surface area (TPSA) is 101 Å². The molecule has 0 unspecified atom stereocenters. The van der Waals surface area contributed by atoms with E-state index in [1.165, 1.54) is 13.0 Å². The molecule has 7 heteroatoms. The molecule has 2 rings (SSSR count).